The molecular formula is C81H142N2. The van der Waals surface area contributed by atoms with Crippen LogP contribution in [0.4, 0.5) is 11.4 Å². The van der Waals surface area contributed by atoms with Gasteiger partial charge in [0.05, 0.1) is 22.8 Å². The van der Waals surface area contributed by atoms with E-state index in [1.165, 1.54) is 357 Å². The average Bonchev–Trinajstić information content (AvgIpc) is 3.65. The Morgan fingerprint density at radius 2 is 0.687 bits per heavy atom. The summed E-state index contributed by atoms with van der Waals surface area (Å²) in [7, 11) is 0. The predicted molar refractivity (Wildman–Crippen MR) is 379 cm³/mol. The van der Waals surface area contributed by atoms with Gasteiger partial charge in [-0.3, -0.25) is 4.99 Å². The van der Waals surface area contributed by atoms with Crippen molar-refractivity contribution in [2.75, 3.05) is 0 Å². The molecule has 2 nitrogen and oxygen atoms in total. The van der Waals surface area contributed by atoms with Crippen molar-refractivity contribution in [3.05, 3.63) is 84.0 Å². The van der Waals surface area contributed by atoms with E-state index in [1.54, 1.807) is 0 Å². The van der Waals surface area contributed by atoms with E-state index in [9.17, 15) is 0 Å². The van der Waals surface area contributed by atoms with Gasteiger partial charge in [-0.2, -0.15) is 0 Å². The maximum atomic E-state index is 5.63. The fraction of sp³-hybridized carbons (Fsp3) is 0.778. The number of hydrogen-bond acceptors (Lipinski definition) is 2. The molecule has 0 aliphatic carbocycles. The number of aliphatic imine (C=N–C) groups is 2. The van der Waals surface area contributed by atoms with Crippen LogP contribution < -0.4 is 0 Å². The van der Waals surface area contributed by atoms with Gasteiger partial charge in [-0.15, -0.1) is 0 Å². The largest absolute Gasteiger partial charge is 0.251 e. The molecule has 2 aromatic carbocycles. The number of rotatable bonds is 64. The predicted octanol–water partition coefficient (Wildman–Crippen LogP) is 29.0. The fourth-order valence-electron chi connectivity index (χ4n) is 12.5. The molecule has 0 fully saturated rings. The quantitative estimate of drug-likeness (QED) is 0.0358. The van der Waals surface area contributed by atoms with E-state index >= 15 is 0 Å². The number of para-hydroxylation sites is 1. The normalized spacial score (nSPS) is 12.3. The summed E-state index contributed by atoms with van der Waals surface area (Å²) in [5.74, 6) is 0. The summed E-state index contributed by atoms with van der Waals surface area (Å²) in [5.41, 5.74) is 7.25. The van der Waals surface area contributed by atoms with E-state index < -0.39 is 0 Å². The average molecular weight is 1140 g/mol. The van der Waals surface area contributed by atoms with E-state index in [4.69, 9.17) is 9.98 Å². The molecule has 0 unspecified atom stereocenters. The van der Waals surface area contributed by atoms with Crippen molar-refractivity contribution in [3.8, 4) is 0 Å². The van der Waals surface area contributed by atoms with Gasteiger partial charge in [0.25, 0.3) is 0 Å². The van der Waals surface area contributed by atoms with E-state index in [2.05, 4.69) is 101 Å². The first-order chi connectivity index (χ1) is 41.2. The highest BCUT2D eigenvalue weighted by Gasteiger charge is 2.11. The van der Waals surface area contributed by atoms with Crippen molar-refractivity contribution in [2.24, 2.45) is 9.98 Å². The first-order valence-electron chi connectivity index (χ1n) is 37.9. The molecule has 2 aromatic rings. The lowest BCUT2D eigenvalue weighted by Gasteiger charge is -2.12. The fourth-order valence-corrected chi connectivity index (χ4v) is 12.5. The maximum Gasteiger partial charge on any atom is 0.0848 e. The molecule has 0 atom stereocenters. The lowest BCUT2D eigenvalue weighted by Crippen LogP contribution is -2.12. The Balaban J connectivity index is 2.00. The maximum absolute atomic E-state index is 5.63. The minimum Gasteiger partial charge on any atom is -0.251 e. The SMILES string of the molecule is CCC=CCCc1ccccc1N=C(CCCCCCCCCCCCCCCCCCCC)C(C=CCCCCCCCCCCCCCCCCCCCCCC)=Nc1cccc(CCCCCCCCCCCCCCCCC)c1. The van der Waals surface area contributed by atoms with Crippen molar-refractivity contribution >= 4 is 22.8 Å². The second-order valence-corrected chi connectivity index (χ2v) is 26.1. The molecule has 0 aliphatic rings. The summed E-state index contributed by atoms with van der Waals surface area (Å²) in [4.78, 5) is 11.2. The van der Waals surface area contributed by atoms with E-state index in [-0.39, 0.29) is 0 Å². The van der Waals surface area contributed by atoms with E-state index in [0.29, 0.717) is 0 Å². The lowest BCUT2D eigenvalue weighted by molar-refractivity contribution is 0.522. The third-order valence-corrected chi connectivity index (χ3v) is 18.0. The summed E-state index contributed by atoms with van der Waals surface area (Å²) in [6, 6.07) is 18.2. The highest BCUT2D eigenvalue weighted by atomic mass is 14.8. The molecule has 83 heavy (non-hydrogen) atoms. The third kappa shape index (κ3) is 50.0. The summed E-state index contributed by atoms with van der Waals surface area (Å²) in [6.07, 6.45) is 90.7. The molecule has 2 rings (SSSR count). The van der Waals surface area contributed by atoms with E-state index in [1.807, 2.05) is 0 Å². The monoisotopic (exact) mass is 1140 g/mol. The highest BCUT2D eigenvalue weighted by Crippen LogP contribution is 2.26. The van der Waals surface area contributed by atoms with Crippen molar-refractivity contribution in [1.29, 1.82) is 0 Å². The Kier molecular flexibility index (Phi) is 57.3. The smallest absolute Gasteiger partial charge is 0.0848 e. The van der Waals surface area contributed by atoms with Crippen molar-refractivity contribution in [1.82, 2.24) is 0 Å². The zero-order valence-electron chi connectivity index (χ0n) is 56.5. The summed E-state index contributed by atoms with van der Waals surface area (Å²) < 4.78 is 0. The second kappa shape index (κ2) is 62.3. The molecule has 0 spiro atoms. The van der Waals surface area contributed by atoms with Crippen LogP contribution in [0, 0.1) is 0 Å². The van der Waals surface area contributed by atoms with Gasteiger partial charge in [0.15, 0.2) is 0 Å². The van der Waals surface area contributed by atoms with Crippen molar-refractivity contribution < 1.29 is 0 Å². The van der Waals surface area contributed by atoms with Crippen molar-refractivity contribution in [3.63, 3.8) is 0 Å². The number of aryl methyl sites for hydroxylation is 2. The Bertz CT molecular complexity index is 1760. The first kappa shape index (κ1) is 76.4. The molecule has 0 saturated heterocycles. The van der Waals surface area contributed by atoms with Crippen LogP contribution in [0.2, 0.25) is 0 Å². The standard InChI is InChI=1S/C81H142N2/c1-5-9-13-17-20-23-26-29-32-34-36-37-38-39-41-43-46-49-52-55-58-62-73-80(82-78-71-66-68-76(75-78)67-60-57-54-51-48-45-42-31-28-25-22-19-15-11-7-3)81(83-79-72-65-64-70-77(79)69-61-16-12-8-4)74-63-59-56-53-50-47-44-40-35-33-30-27-24-21-18-14-10-6-2/h12,16,62,64-66,68,70-73,75H,5-11,13-15,17-61,63,67,69,74H2,1-4H3. The third-order valence-electron chi connectivity index (χ3n) is 18.0. The second-order valence-electron chi connectivity index (χ2n) is 26.1. The van der Waals surface area contributed by atoms with Crippen LogP contribution in [0.5, 0.6) is 0 Å². The molecule has 0 saturated carbocycles. The van der Waals surface area contributed by atoms with Gasteiger partial charge in [-0.1, -0.05) is 397 Å². The Labute approximate surface area is 520 Å². The first-order valence-corrected chi connectivity index (χ1v) is 37.9. The Hall–Kier alpha value is -2.74. The van der Waals surface area contributed by atoms with E-state index in [0.717, 1.165) is 55.6 Å². The minimum atomic E-state index is 0.976. The molecule has 0 heterocycles. The van der Waals surface area contributed by atoms with Crippen LogP contribution in [0.25, 0.3) is 0 Å². The number of unbranched alkanes of at least 4 members (excludes halogenated alkanes) is 51. The molecule has 0 amide bonds. The molecule has 476 valence electrons. The van der Waals surface area contributed by atoms with Crippen molar-refractivity contribution in [2.45, 2.75) is 407 Å². The number of benzene rings is 2. The minimum absolute atomic E-state index is 0.976. The number of allylic oxidation sites excluding steroid dienone is 4. The van der Waals surface area contributed by atoms with Gasteiger partial charge >= 0.3 is 0 Å². The molecule has 0 bridgehead atoms. The molecule has 0 aromatic heterocycles. The topological polar surface area (TPSA) is 24.7 Å². The Morgan fingerprint density at radius 3 is 1.10 bits per heavy atom. The molecule has 2 heteroatoms. The van der Waals surface area contributed by atoms with Crippen LogP contribution in [0.15, 0.2) is 82.8 Å². The summed E-state index contributed by atoms with van der Waals surface area (Å²) >= 11 is 0. The number of hydrogen-bond donors (Lipinski definition) is 0. The Morgan fingerprint density at radius 1 is 0.313 bits per heavy atom. The zero-order chi connectivity index (χ0) is 59.1. The van der Waals surface area contributed by atoms with Crippen LogP contribution >= 0.6 is 0 Å². The summed E-state index contributed by atoms with van der Waals surface area (Å²) in [5, 5.41) is 0. The van der Waals surface area contributed by atoms with Gasteiger partial charge in [0.1, 0.15) is 0 Å². The van der Waals surface area contributed by atoms with Gasteiger partial charge < -0.3 is 0 Å². The highest BCUT2D eigenvalue weighted by molar-refractivity contribution is 6.47. The van der Waals surface area contributed by atoms with Gasteiger partial charge in [0, 0.05) is 0 Å². The number of nitrogens with zero attached hydrogens (tertiary/aromatic N) is 2. The van der Waals surface area contributed by atoms with Crippen LogP contribution in [-0.4, -0.2) is 11.4 Å². The lowest BCUT2D eigenvalue weighted by atomic mass is 10.0. The summed E-state index contributed by atoms with van der Waals surface area (Å²) in [6.45, 7) is 9.18. The van der Waals surface area contributed by atoms with Gasteiger partial charge in [-0.05, 0) is 93.2 Å². The van der Waals surface area contributed by atoms with Gasteiger partial charge in [-0.25, -0.2) is 4.99 Å². The van der Waals surface area contributed by atoms with Crippen LogP contribution in [0.1, 0.15) is 405 Å². The zero-order valence-corrected chi connectivity index (χ0v) is 56.5. The van der Waals surface area contributed by atoms with Crippen LogP contribution in [0.3, 0.4) is 0 Å². The molecule has 0 radical (unpaired) electrons. The molecule has 0 N–H and O–H groups in total. The molecule has 0 aliphatic heterocycles. The molecular weight excluding hydrogens is 1000 g/mol. The van der Waals surface area contributed by atoms with Gasteiger partial charge in [0.2, 0.25) is 0 Å². The van der Waals surface area contributed by atoms with Crippen LogP contribution in [-0.2, 0) is 12.8 Å².